The summed E-state index contributed by atoms with van der Waals surface area (Å²) in [4.78, 5) is 73.1. The molecular formula is C27H30ClN9O11S2. The number of carbonyl (C=O) groups is 5. The van der Waals surface area contributed by atoms with Gasteiger partial charge in [-0.05, 0) is 26.0 Å². The molecular weight excluding hydrogens is 726 g/mol. The summed E-state index contributed by atoms with van der Waals surface area (Å²) in [7, 11) is 0. The minimum absolute atomic E-state index is 0.00674. The fourth-order valence-corrected chi connectivity index (χ4v) is 7.54. The molecule has 0 spiro atoms. The summed E-state index contributed by atoms with van der Waals surface area (Å²) in [6.45, 7) is 1.88. The first-order chi connectivity index (χ1) is 23.5. The number of phenolic OH excluding ortho intramolecular Hbond substituents is 2. The average Bonchev–Trinajstić information content (AvgIpc) is 3.76. The number of nitrogens with zero attached hydrogens (tertiary/aromatic N) is 6. The second kappa shape index (κ2) is 13.8. The van der Waals surface area contributed by atoms with Gasteiger partial charge in [0.25, 0.3) is 11.8 Å². The highest BCUT2D eigenvalue weighted by Crippen LogP contribution is 2.51. The molecule has 1 aromatic carbocycles. The lowest BCUT2D eigenvalue weighted by Crippen LogP contribution is -2.70. The van der Waals surface area contributed by atoms with Crippen molar-refractivity contribution in [2.75, 3.05) is 31.9 Å². The molecule has 20 nitrogen and oxygen atoms in total. The van der Waals surface area contributed by atoms with Crippen molar-refractivity contribution in [3.8, 4) is 11.5 Å². The lowest BCUT2D eigenvalue weighted by molar-refractivity contribution is -0.161. The van der Waals surface area contributed by atoms with Crippen LogP contribution < -0.4 is 16.4 Å². The number of aliphatic hydroxyl groups is 1. The second-order valence-electron chi connectivity index (χ2n) is 11.5. The number of hydrogen-bond donors (Lipinski definition) is 8. The summed E-state index contributed by atoms with van der Waals surface area (Å²) in [6, 6.07) is 0.472. The molecule has 3 aliphatic heterocycles. The summed E-state index contributed by atoms with van der Waals surface area (Å²) in [5, 5.41) is 64.0. The summed E-state index contributed by atoms with van der Waals surface area (Å²) >= 11 is 7.72. The number of aliphatic hydroxyl groups excluding tert-OH is 1. The molecule has 50 heavy (non-hydrogen) atoms. The van der Waals surface area contributed by atoms with Crippen LogP contribution in [0.4, 0.5) is 9.93 Å². The zero-order valence-corrected chi connectivity index (χ0v) is 28.4. The van der Waals surface area contributed by atoms with Crippen LogP contribution in [0.2, 0.25) is 5.02 Å². The van der Waals surface area contributed by atoms with E-state index in [1.165, 1.54) is 36.4 Å². The Morgan fingerprint density at radius 2 is 1.96 bits per heavy atom. The van der Waals surface area contributed by atoms with Gasteiger partial charge in [-0.15, -0.1) is 11.3 Å². The number of halogens is 1. The average molecular weight is 756 g/mol. The number of nitrogen functional groups attached to an aromatic ring is 1. The number of hydrogen-bond acceptors (Lipinski definition) is 16. The summed E-state index contributed by atoms with van der Waals surface area (Å²) in [6.07, 6.45) is -0.169. The zero-order valence-electron chi connectivity index (χ0n) is 26.0. The van der Waals surface area contributed by atoms with E-state index in [1.54, 1.807) is 0 Å². The highest BCUT2D eigenvalue weighted by Gasteiger charge is 2.66. The maximum atomic E-state index is 13.4. The smallest absolute Gasteiger partial charge is 0.350 e. The number of thiazole rings is 1. The molecule has 1 aromatic heterocycles. The van der Waals surface area contributed by atoms with E-state index in [-0.39, 0.29) is 47.6 Å². The summed E-state index contributed by atoms with van der Waals surface area (Å²) in [5.74, 6) is -5.52. The molecule has 268 valence electrons. The molecule has 9 N–H and O–H groups in total. The Hall–Kier alpha value is -4.90. The molecule has 3 fully saturated rings. The van der Waals surface area contributed by atoms with Crippen LogP contribution in [0.25, 0.3) is 0 Å². The number of carboxylic acid groups (broad SMARTS) is 2. The monoisotopic (exact) mass is 755 g/mol. The van der Waals surface area contributed by atoms with Gasteiger partial charge in [-0.1, -0.05) is 28.5 Å². The van der Waals surface area contributed by atoms with Gasteiger partial charge in [-0.3, -0.25) is 19.4 Å². The zero-order chi connectivity index (χ0) is 36.7. The fourth-order valence-electron chi connectivity index (χ4n) is 5.04. The number of aliphatic carboxylic acids is 2. The van der Waals surface area contributed by atoms with Crippen molar-refractivity contribution in [3.63, 3.8) is 0 Å². The molecule has 5 rings (SSSR count). The molecule has 0 saturated carbocycles. The number of thioether (sulfide) groups is 1. The number of benzene rings is 1. The molecule has 4 heterocycles. The van der Waals surface area contributed by atoms with Gasteiger partial charge >= 0.3 is 18.0 Å². The number of carbonyl (C=O) groups excluding carboxylic acids is 3. The predicted octanol–water partition coefficient (Wildman–Crippen LogP) is -0.500. The van der Waals surface area contributed by atoms with Gasteiger partial charge in [0.15, 0.2) is 22.3 Å². The van der Waals surface area contributed by atoms with E-state index in [4.69, 9.17) is 22.2 Å². The second-order valence-corrected chi connectivity index (χ2v) is 14.1. The summed E-state index contributed by atoms with van der Waals surface area (Å²) in [5.41, 5.74) is 3.30. The lowest BCUT2D eigenvalue weighted by Gasteiger charge is -2.47. The Balaban J connectivity index is 1.24. The van der Waals surface area contributed by atoms with Crippen LogP contribution >= 0.6 is 34.7 Å². The van der Waals surface area contributed by atoms with E-state index in [0.29, 0.717) is 0 Å². The van der Waals surface area contributed by atoms with Crippen LogP contribution in [0.5, 0.6) is 11.5 Å². The number of fused-ring (bicyclic) bond motifs is 1. The van der Waals surface area contributed by atoms with E-state index in [0.717, 1.165) is 39.1 Å². The number of urea groups is 1. The first-order valence-corrected chi connectivity index (χ1v) is 16.6. The lowest BCUT2D eigenvalue weighted by atomic mass is 10.0. The van der Waals surface area contributed by atoms with Crippen LogP contribution in [0.15, 0.2) is 27.8 Å². The number of phenols is 2. The van der Waals surface area contributed by atoms with Gasteiger partial charge in [0.2, 0.25) is 10.5 Å². The molecule has 2 aromatic rings. The third-order valence-electron chi connectivity index (χ3n) is 7.84. The molecule has 0 aliphatic carbocycles. The Bertz CT molecular complexity index is 1810. The number of hydrazone groups is 1. The van der Waals surface area contributed by atoms with Crippen LogP contribution in [0, 0.1) is 0 Å². The Kier molecular flexibility index (Phi) is 10.0. The molecule has 23 heteroatoms. The number of carboxylic acids is 2. The third kappa shape index (κ3) is 6.66. The van der Waals surface area contributed by atoms with Gasteiger partial charge in [-0.25, -0.2) is 24.4 Å². The largest absolute Gasteiger partial charge is 0.504 e. The number of rotatable bonds is 12. The third-order valence-corrected chi connectivity index (χ3v) is 10.6. The van der Waals surface area contributed by atoms with Crippen molar-refractivity contribution in [1.29, 1.82) is 0 Å². The van der Waals surface area contributed by atoms with E-state index < -0.39 is 75.1 Å². The van der Waals surface area contributed by atoms with Gasteiger partial charge in [0.1, 0.15) is 11.9 Å². The van der Waals surface area contributed by atoms with Crippen molar-refractivity contribution in [1.82, 2.24) is 30.4 Å². The maximum absolute atomic E-state index is 13.4. The van der Waals surface area contributed by atoms with E-state index in [2.05, 4.69) is 25.9 Å². The molecule has 2 unspecified atom stereocenters. The minimum Gasteiger partial charge on any atom is -0.504 e. The molecule has 4 amide bonds. The van der Waals surface area contributed by atoms with Crippen LogP contribution in [0.3, 0.4) is 0 Å². The number of nitrogens with two attached hydrogens (primary N) is 1. The molecule has 3 saturated heterocycles. The van der Waals surface area contributed by atoms with Crippen LogP contribution in [-0.2, 0) is 19.2 Å². The Labute approximate surface area is 295 Å². The molecule has 4 atom stereocenters. The van der Waals surface area contributed by atoms with Crippen LogP contribution in [0.1, 0.15) is 29.9 Å². The van der Waals surface area contributed by atoms with Gasteiger partial charge in [0.05, 0.1) is 35.1 Å². The number of aromatic nitrogens is 1. The van der Waals surface area contributed by atoms with Crippen molar-refractivity contribution in [2.45, 2.75) is 42.0 Å². The Morgan fingerprint density at radius 3 is 2.60 bits per heavy atom. The van der Waals surface area contributed by atoms with Crippen molar-refractivity contribution in [2.24, 2.45) is 10.3 Å². The number of anilines is 1. The number of oxime groups is 1. The standard InChI is InChI=1S/C27H30ClN9O11S2/c1-26(2,22(43)44)48-34-15(12-9-49-24(29)32-12)19(41)33-16-20(42)35-10-27(23(45)46,50-21(16)35)36-7-8-37(25(36)47)31-6-5-30-18(40)11-3-4-13(38)17(39)14(11)28/h3-4,6,9,16,20-21,38-39,42H,5,7-8,10H2,1-2H3,(H2,29,32)(H,30,40)(H,33,41)(H,43,44)(H,45,46)/b31-6+,34-15-/t16?,20?,21-,27-/m1/s1. The van der Waals surface area contributed by atoms with Crippen LogP contribution in [-0.4, -0.2) is 141 Å². The van der Waals surface area contributed by atoms with E-state index in [9.17, 15) is 49.5 Å². The van der Waals surface area contributed by atoms with Crippen molar-refractivity contribution >= 4 is 81.5 Å². The van der Waals surface area contributed by atoms with Gasteiger partial charge in [-0.2, -0.15) is 5.10 Å². The molecule has 0 bridgehead atoms. The Morgan fingerprint density at radius 1 is 1.24 bits per heavy atom. The number of nitrogens with one attached hydrogen (secondary N) is 2. The van der Waals surface area contributed by atoms with Crippen molar-refractivity contribution in [3.05, 3.63) is 33.8 Å². The SMILES string of the molecule is CC(C)(O/N=C(\C(=O)NC1C(O)N2C[C@@](C(=O)O)(N3CCN(/N=C/CNC(=O)c4ccc(O)c(O)c4Cl)C3=O)S[C@H]12)c1csc(N)n1)C(=O)O. The topological polar surface area (TPSA) is 293 Å². The number of amides is 4. The van der Waals surface area contributed by atoms with E-state index in [1.807, 2.05) is 0 Å². The first-order valence-electron chi connectivity index (χ1n) is 14.5. The highest BCUT2D eigenvalue weighted by atomic mass is 35.5. The summed E-state index contributed by atoms with van der Waals surface area (Å²) < 4.78 is 0. The van der Waals surface area contributed by atoms with Gasteiger partial charge in [0, 0.05) is 24.7 Å². The normalized spacial score (nSPS) is 23.9. The molecule has 0 radical (unpaired) electrons. The molecule has 3 aliphatic rings. The van der Waals surface area contributed by atoms with Crippen molar-refractivity contribution < 1.29 is 54.3 Å². The first kappa shape index (κ1) is 36.4. The minimum atomic E-state index is -1.88. The number of aromatic hydroxyl groups is 2. The highest BCUT2D eigenvalue weighted by molar-refractivity contribution is 8.02. The van der Waals surface area contributed by atoms with Gasteiger partial charge < -0.3 is 46.7 Å². The van der Waals surface area contributed by atoms with E-state index >= 15 is 0 Å². The fraction of sp³-hybridized carbons (Fsp3) is 0.407. The predicted molar refractivity (Wildman–Crippen MR) is 177 cm³/mol. The maximum Gasteiger partial charge on any atom is 0.350 e. The quantitative estimate of drug-likeness (QED) is 0.0770.